The number of imidazole rings is 1. The Kier molecular flexibility index (Phi) is 3.57. The number of hydrogen-bond acceptors (Lipinski definition) is 2. The van der Waals surface area contributed by atoms with E-state index in [1.165, 1.54) is 19.3 Å². The third kappa shape index (κ3) is 2.89. The molecule has 3 atom stereocenters. The second-order valence-corrected chi connectivity index (χ2v) is 6.01. The highest BCUT2D eigenvalue weighted by Crippen LogP contribution is 2.36. The van der Waals surface area contributed by atoms with Crippen LogP contribution in [-0.2, 0) is 13.5 Å². The first-order valence-corrected chi connectivity index (χ1v) is 6.75. The molecule has 1 saturated carbocycles. The Morgan fingerprint density at radius 3 is 2.82 bits per heavy atom. The maximum Gasteiger partial charge on any atom is 0.108 e. The predicted molar refractivity (Wildman–Crippen MR) is 70.6 cm³/mol. The van der Waals surface area contributed by atoms with Crippen LogP contribution < -0.4 is 5.73 Å². The van der Waals surface area contributed by atoms with Crippen molar-refractivity contribution in [3.05, 3.63) is 18.2 Å². The normalized spacial score (nSPS) is 33.9. The average Bonchev–Trinajstić information content (AvgIpc) is 2.68. The number of aromatic nitrogens is 2. The minimum atomic E-state index is 0.0396. The first-order chi connectivity index (χ1) is 8.00. The van der Waals surface area contributed by atoms with E-state index in [4.69, 9.17) is 5.73 Å². The van der Waals surface area contributed by atoms with Crippen LogP contribution in [0.5, 0.6) is 0 Å². The zero-order chi connectivity index (χ0) is 12.5. The van der Waals surface area contributed by atoms with Crippen LogP contribution in [0.25, 0.3) is 0 Å². The number of aryl methyl sites for hydroxylation is 2. The van der Waals surface area contributed by atoms with E-state index in [1.54, 1.807) is 0 Å². The molecule has 0 radical (unpaired) electrons. The maximum atomic E-state index is 6.54. The monoisotopic (exact) mass is 235 g/mol. The summed E-state index contributed by atoms with van der Waals surface area (Å²) in [5.74, 6) is 2.75. The molecule has 1 aromatic rings. The standard InChI is InChI=1S/C14H25N3/c1-11-4-6-14(15,10-12(11)2)7-5-13-16-8-9-17(13)3/h8-9,11-12H,4-7,10,15H2,1-3H3. The molecule has 0 saturated heterocycles. The van der Waals surface area contributed by atoms with Crippen molar-refractivity contribution in [2.24, 2.45) is 24.6 Å². The van der Waals surface area contributed by atoms with E-state index >= 15 is 0 Å². The van der Waals surface area contributed by atoms with Crippen molar-refractivity contribution < 1.29 is 0 Å². The summed E-state index contributed by atoms with van der Waals surface area (Å²) < 4.78 is 2.10. The lowest BCUT2D eigenvalue weighted by molar-refractivity contribution is 0.167. The van der Waals surface area contributed by atoms with Gasteiger partial charge in [-0.1, -0.05) is 13.8 Å². The summed E-state index contributed by atoms with van der Waals surface area (Å²) >= 11 is 0. The summed E-state index contributed by atoms with van der Waals surface area (Å²) in [7, 11) is 2.05. The molecule has 0 bridgehead atoms. The number of rotatable bonds is 3. The predicted octanol–water partition coefficient (Wildman–Crippen LogP) is 2.51. The van der Waals surface area contributed by atoms with Gasteiger partial charge in [0.15, 0.2) is 0 Å². The van der Waals surface area contributed by atoms with Crippen LogP contribution in [0.2, 0.25) is 0 Å². The van der Waals surface area contributed by atoms with Gasteiger partial charge < -0.3 is 10.3 Å². The molecule has 3 unspecified atom stereocenters. The van der Waals surface area contributed by atoms with Gasteiger partial charge >= 0.3 is 0 Å². The molecule has 3 nitrogen and oxygen atoms in total. The summed E-state index contributed by atoms with van der Waals surface area (Å²) in [6.07, 6.45) is 9.55. The topological polar surface area (TPSA) is 43.8 Å². The Morgan fingerprint density at radius 2 is 2.24 bits per heavy atom. The largest absolute Gasteiger partial charge is 0.338 e. The van der Waals surface area contributed by atoms with Crippen LogP contribution in [-0.4, -0.2) is 15.1 Å². The molecule has 1 aliphatic carbocycles. The molecule has 1 aliphatic rings. The highest BCUT2D eigenvalue weighted by Gasteiger charge is 2.34. The molecule has 96 valence electrons. The van der Waals surface area contributed by atoms with Crippen molar-refractivity contribution in [3.63, 3.8) is 0 Å². The molecule has 3 heteroatoms. The van der Waals surface area contributed by atoms with Gasteiger partial charge in [-0.2, -0.15) is 0 Å². The van der Waals surface area contributed by atoms with Crippen LogP contribution in [0.4, 0.5) is 0 Å². The Hall–Kier alpha value is -0.830. The van der Waals surface area contributed by atoms with Crippen molar-refractivity contribution in [3.8, 4) is 0 Å². The molecular formula is C14H25N3. The van der Waals surface area contributed by atoms with E-state index < -0.39 is 0 Å². The Labute approximate surface area is 104 Å². The summed E-state index contributed by atoms with van der Waals surface area (Å²) in [4.78, 5) is 4.37. The molecule has 0 amide bonds. The van der Waals surface area contributed by atoms with E-state index in [2.05, 4.69) is 30.4 Å². The van der Waals surface area contributed by atoms with Crippen molar-refractivity contribution in [2.45, 2.75) is 51.5 Å². The fourth-order valence-electron chi connectivity index (χ4n) is 2.97. The van der Waals surface area contributed by atoms with Gasteiger partial charge in [-0.25, -0.2) is 4.98 Å². The number of nitrogens with zero attached hydrogens (tertiary/aromatic N) is 2. The van der Waals surface area contributed by atoms with Crippen molar-refractivity contribution in [2.75, 3.05) is 0 Å². The lowest BCUT2D eigenvalue weighted by atomic mass is 9.70. The van der Waals surface area contributed by atoms with E-state index in [-0.39, 0.29) is 5.54 Å². The Morgan fingerprint density at radius 1 is 1.47 bits per heavy atom. The van der Waals surface area contributed by atoms with Crippen LogP contribution >= 0.6 is 0 Å². The SMILES string of the molecule is CC1CCC(N)(CCc2nccn2C)CC1C. The van der Waals surface area contributed by atoms with Gasteiger partial charge in [-0.15, -0.1) is 0 Å². The van der Waals surface area contributed by atoms with Crippen molar-refractivity contribution in [1.29, 1.82) is 0 Å². The summed E-state index contributed by atoms with van der Waals surface area (Å²) in [6, 6.07) is 0. The fourth-order valence-corrected chi connectivity index (χ4v) is 2.97. The Bertz CT molecular complexity index is 371. The fraction of sp³-hybridized carbons (Fsp3) is 0.786. The number of hydrogen-bond donors (Lipinski definition) is 1. The molecule has 1 fully saturated rings. The van der Waals surface area contributed by atoms with E-state index in [9.17, 15) is 0 Å². The first kappa shape index (κ1) is 12.6. The molecular weight excluding hydrogens is 210 g/mol. The van der Waals surface area contributed by atoms with Gasteiger partial charge in [0.2, 0.25) is 0 Å². The molecule has 0 spiro atoms. The summed E-state index contributed by atoms with van der Waals surface area (Å²) in [5.41, 5.74) is 6.58. The first-order valence-electron chi connectivity index (χ1n) is 6.75. The van der Waals surface area contributed by atoms with Gasteiger partial charge in [0.1, 0.15) is 5.82 Å². The lowest BCUT2D eigenvalue weighted by Crippen LogP contribution is -2.46. The molecule has 0 aromatic carbocycles. The van der Waals surface area contributed by atoms with Crippen LogP contribution in [0, 0.1) is 11.8 Å². The maximum absolute atomic E-state index is 6.54. The Balaban J connectivity index is 1.92. The van der Waals surface area contributed by atoms with Gasteiger partial charge in [0.25, 0.3) is 0 Å². The zero-order valence-electron chi connectivity index (χ0n) is 11.3. The minimum absolute atomic E-state index is 0.0396. The molecule has 2 rings (SSSR count). The number of nitrogens with two attached hydrogens (primary N) is 1. The van der Waals surface area contributed by atoms with Crippen LogP contribution in [0.15, 0.2) is 12.4 Å². The van der Waals surface area contributed by atoms with Gasteiger partial charge in [0.05, 0.1) is 0 Å². The van der Waals surface area contributed by atoms with Gasteiger partial charge in [-0.05, 0) is 37.5 Å². The van der Waals surface area contributed by atoms with E-state index in [1.807, 2.05) is 12.4 Å². The highest BCUT2D eigenvalue weighted by molar-refractivity contribution is 4.97. The second kappa shape index (κ2) is 4.81. The van der Waals surface area contributed by atoms with E-state index in [0.717, 1.165) is 30.5 Å². The lowest BCUT2D eigenvalue weighted by Gasteiger charge is -2.40. The molecule has 2 N–H and O–H groups in total. The van der Waals surface area contributed by atoms with E-state index in [0.29, 0.717) is 0 Å². The smallest absolute Gasteiger partial charge is 0.108 e. The quantitative estimate of drug-likeness (QED) is 0.875. The van der Waals surface area contributed by atoms with Gasteiger partial charge in [0, 0.05) is 31.4 Å². The van der Waals surface area contributed by atoms with Crippen molar-refractivity contribution >= 4 is 0 Å². The second-order valence-electron chi connectivity index (χ2n) is 6.01. The molecule has 1 aromatic heterocycles. The average molecular weight is 235 g/mol. The summed E-state index contributed by atoms with van der Waals surface area (Å²) in [5, 5.41) is 0. The zero-order valence-corrected chi connectivity index (χ0v) is 11.3. The molecule has 1 heterocycles. The summed E-state index contributed by atoms with van der Waals surface area (Å²) in [6.45, 7) is 4.69. The van der Waals surface area contributed by atoms with Gasteiger partial charge in [-0.3, -0.25) is 0 Å². The third-order valence-corrected chi connectivity index (χ3v) is 4.56. The van der Waals surface area contributed by atoms with Crippen LogP contribution in [0.1, 0.15) is 45.4 Å². The molecule has 0 aliphatic heterocycles. The minimum Gasteiger partial charge on any atom is -0.338 e. The van der Waals surface area contributed by atoms with Crippen LogP contribution in [0.3, 0.4) is 0 Å². The van der Waals surface area contributed by atoms with Crippen molar-refractivity contribution in [1.82, 2.24) is 9.55 Å². The third-order valence-electron chi connectivity index (χ3n) is 4.56. The molecule has 17 heavy (non-hydrogen) atoms. The highest BCUT2D eigenvalue weighted by atomic mass is 15.0.